The van der Waals surface area contributed by atoms with Crippen molar-refractivity contribution in [2.45, 2.75) is 52.5 Å². The van der Waals surface area contributed by atoms with Crippen LogP contribution in [-0.2, 0) is 6.54 Å². The average Bonchev–Trinajstić information content (AvgIpc) is 2.83. The van der Waals surface area contributed by atoms with E-state index in [1.54, 1.807) is 6.07 Å². The number of hydrogen-bond donors (Lipinski definition) is 2. The molecule has 0 saturated carbocycles. The van der Waals surface area contributed by atoms with Gasteiger partial charge in [-0.1, -0.05) is 13.8 Å². The van der Waals surface area contributed by atoms with Crippen molar-refractivity contribution < 1.29 is 5.11 Å². The van der Waals surface area contributed by atoms with Crippen molar-refractivity contribution in [3.8, 4) is 0 Å². The van der Waals surface area contributed by atoms with E-state index < -0.39 is 0 Å². The molecule has 0 amide bonds. The van der Waals surface area contributed by atoms with Crippen LogP contribution in [0.1, 0.15) is 46.0 Å². The third kappa shape index (κ3) is 5.93. The Morgan fingerprint density at radius 1 is 1.12 bits per heavy atom. The lowest BCUT2D eigenvalue weighted by molar-refractivity contribution is 0.261. The van der Waals surface area contributed by atoms with Gasteiger partial charge < -0.3 is 19.9 Å². The molecule has 0 radical (unpaired) electrons. The van der Waals surface area contributed by atoms with Crippen LogP contribution in [-0.4, -0.2) is 34.4 Å². The van der Waals surface area contributed by atoms with Gasteiger partial charge in [-0.2, -0.15) is 0 Å². The van der Waals surface area contributed by atoms with E-state index in [1.165, 1.54) is 18.5 Å². The Balaban J connectivity index is 1.44. The number of nitrogens with one attached hydrogen (secondary N) is 1. The van der Waals surface area contributed by atoms with E-state index >= 15 is 0 Å². The second-order valence-electron chi connectivity index (χ2n) is 9.60. The number of aryl methyl sites for hydroxylation is 1. The van der Waals surface area contributed by atoms with Gasteiger partial charge in [-0.25, -0.2) is 4.98 Å². The topological polar surface area (TPSA) is 70.4 Å². The van der Waals surface area contributed by atoms with Crippen LogP contribution in [0.2, 0.25) is 0 Å². The molecule has 0 aliphatic carbocycles. The Bertz CT molecular complexity index is 1100. The largest absolute Gasteiger partial charge is 0.396 e. The fourth-order valence-electron chi connectivity index (χ4n) is 4.64. The maximum atomic E-state index is 12.5. The first-order valence-electron chi connectivity index (χ1n) is 12.3. The van der Waals surface area contributed by atoms with Crippen LogP contribution in [0.5, 0.6) is 0 Å². The van der Waals surface area contributed by atoms with E-state index in [4.69, 9.17) is 5.11 Å². The molecule has 4 rings (SSSR count). The lowest BCUT2D eigenvalue weighted by Gasteiger charge is -2.33. The maximum Gasteiger partial charge on any atom is 0.251 e. The number of anilines is 3. The van der Waals surface area contributed by atoms with Crippen LogP contribution < -0.4 is 15.8 Å². The van der Waals surface area contributed by atoms with Crippen LogP contribution in [0.15, 0.2) is 53.5 Å². The molecule has 176 valence electrons. The number of piperidine rings is 1. The molecular weight excluding hydrogens is 412 g/mol. The van der Waals surface area contributed by atoms with Gasteiger partial charge in [0.05, 0.1) is 5.52 Å². The van der Waals surface area contributed by atoms with Gasteiger partial charge in [0.15, 0.2) is 0 Å². The Hall–Kier alpha value is -2.86. The van der Waals surface area contributed by atoms with E-state index in [0.717, 1.165) is 60.7 Å². The zero-order chi connectivity index (χ0) is 23.2. The first kappa shape index (κ1) is 23.3. The Morgan fingerprint density at radius 2 is 1.88 bits per heavy atom. The SMILES string of the molecule is CC(C)CCn1c(=O)ccc2cnc(Nc3ccc(N4CCC(CCCO)CC4)cc3)cc21. The molecular formula is C27H36N4O2. The van der Waals surface area contributed by atoms with Gasteiger partial charge in [0.1, 0.15) is 5.82 Å². The molecule has 1 aliphatic heterocycles. The van der Waals surface area contributed by atoms with Gasteiger partial charge in [-0.05, 0) is 74.3 Å². The van der Waals surface area contributed by atoms with Crippen LogP contribution in [0.25, 0.3) is 10.9 Å². The summed E-state index contributed by atoms with van der Waals surface area (Å²) in [5.74, 6) is 2.02. The highest BCUT2D eigenvalue weighted by Gasteiger charge is 2.19. The van der Waals surface area contributed by atoms with Crippen molar-refractivity contribution in [2.75, 3.05) is 29.9 Å². The molecule has 0 atom stereocenters. The predicted octanol–water partition coefficient (Wildman–Crippen LogP) is 5.18. The van der Waals surface area contributed by atoms with Crippen molar-refractivity contribution in [1.29, 1.82) is 0 Å². The van der Waals surface area contributed by atoms with E-state index in [2.05, 4.69) is 53.3 Å². The quantitative estimate of drug-likeness (QED) is 0.472. The summed E-state index contributed by atoms with van der Waals surface area (Å²) in [5, 5.41) is 13.4. The minimum absolute atomic E-state index is 0.0322. The van der Waals surface area contributed by atoms with Gasteiger partial charge in [-0.15, -0.1) is 0 Å². The second kappa shape index (κ2) is 10.8. The minimum atomic E-state index is 0.0322. The summed E-state index contributed by atoms with van der Waals surface area (Å²) in [6.45, 7) is 7.51. The van der Waals surface area contributed by atoms with Crippen LogP contribution in [0.4, 0.5) is 17.2 Å². The molecule has 2 N–H and O–H groups in total. The molecule has 0 bridgehead atoms. The molecule has 6 heteroatoms. The van der Waals surface area contributed by atoms with E-state index in [-0.39, 0.29) is 5.56 Å². The Kier molecular flexibility index (Phi) is 7.65. The lowest BCUT2D eigenvalue weighted by Crippen LogP contribution is -2.33. The van der Waals surface area contributed by atoms with Gasteiger partial charge >= 0.3 is 0 Å². The number of nitrogens with zero attached hydrogens (tertiary/aromatic N) is 3. The maximum absolute atomic E-state index is 12.5. The predicted molar refractivity (Wildman–Crippen MR) is 136 cm³/mol. The van der Waals surface area contributed by atoms with Crippen LogP contribution in [0, 0.1) is 11.8 Å². The highest BCUT2D eigenvalue weighted by molar-refractivity contribution is 5.81. The van der Waals surface area contributed by atoms with Gasteiger partial charge in [0.25, 0.3) is 5.56 Å². The molecule has 1 aromatic carbocycles. The number of aliphatic hydroxyl groups is 1. The normalized spacial score (nSPS) is 14.8. The number of hydrogen-bond acceptors (Lipinski definition) is 5. The third-order valence-electron chi connectivity index (χ3n) is 6.69. The second-order valence-corrected chi connectivity index (χ2v) is 9.60. The fraction of sp³-hybridized carbons (Fsp3) is 0.481. The number of benzene rings is 1. The highest BCUT2D eigenvalue weighted by atomic mass is 16.2. The fourth-order valence-corrected chi connectivity index (χ4v) is 4.64. The van der Waals surface area contributed by atoms with Crippen molar-refractivity contribution in [2.24, 2.45) is 11.8 Å². The van der Waals surface area contributed by atoms with E-state index in [9.17, 15) is 4.79 Å². The van der Waals surface area contributed by atoms with Crippen molar-refractivity contribution in [1.82, 2.24) is 9.55 Å². The zero-order valence-electron chi connectivity index (χ0n) is 19.8. The smallest absolute Gasteiger partial charge is 0.251 e. The van der Waals surface area contributed by atoms with Gasteiger partial charge in [-0.3, -0.25) is 4.79 Å². The zero-order valence-corrected chi connectivity index (χ0v) is 19.8. The molecule has 1 aliphatic rings. The molecule has 0 spiro atoms. The number of aromatic nitrogens is 2. The minimum Gasteiger partial charge on any atom is -0.396 e. The summed E-state index contributed by atoms with van der Waals surface area (Å²) in [6.07, 6.45) is 7.24. The van der Waals surface area contributed by atoms with Gasteiger partial charge in [0, 0.05) is 61.3 Å². The summed E-state index contributed by atoms with van der Waals surface area (Å²) in [5.41, 5.74) is 3.18. The molecule has 3 heterocycles. The average molecular weight is 449 g/mol. The van der Waals surface area contributed by atoms with Crippen molar-refractivity contribution >= 4 is 28.1 Å². The first-order chi connectivity index (χ1) is 16.0. The monoisotopic (exact) mass is 448 g/mol. The van der Waals surface area contributed by atoms with Crippen molar-refractivity contribution in [3.63, 3.8) is 0 Å². The summed E-state index contributed by atoms with van der Waals surface area (Å²) in [4.78, 5) is 19.5. The molecule has 6 nitrogen and oxygen atoms in total. The number of rotatable bonds is 9. The summed E-state index contributed by atoms with van der Waals surface area (Å²) >= 11 is 0. The number of fused-ring (bicyclic) bond motifs is 1. The highest BCUT2D eigenvalue weighted by Crippen LogP contribution is 2.28. The molecule has 33 heavy (non-hydrogen) atoms. The summed E-state index contributed by atoms with van der Waals surface area (Å²) < 4.78 is 1.86. The van der Waals surface area contributed by atoms with E-state index in [1.807, 2.05) is 22.9 Å². The van der Waals surface area contributed by atoms with Crippen molar-refractivity contribution in [3.05, 3.63) is 59.0 Å². The lowest BCUT2D eigenvalue weighted by atomic mass is 9.92. The number of pyridine rings is 2. The standard InChI is InChI=1S/C27H36N4O2/c1-20(2)11-16-31-25-18-26(28-19-22(25)5-10-27(31)33)29-23-6-8-24(9-7-23)30-14-12-21(13-15-30)4-3-17-32/h5-10,18-21,32H,3-4,11-17H2,1-2H3,(H,28,29). The van der Waals surface area contributed by atoms with E-state index in [0.29, 0.717) is 19.1 Å². The molecule has 1 saturated heterocycles. The third-order valence-corrected chi connectivity index (χ3v) is 6.69. The Morgan fingerprint density at radius 3 is 2.58 bits per heavy atom. The molecule has 2 aromatic heterocycles. The van der Waals surface area contributed by atoms with Gasteiger partial charge in [0.2, 0.25) is 0 Å². The molecule has 3 aromatic rings. The number of aliphatic hydroxyl groups excluding tert-OH is 1. The summed E-state index contributed by atoms with van der Waals surface area (Å²) in [7, 11) is 0. The molecule has 0 unspecified atom stereocenters. The molecule has 1 fully saturated rings. The first-order valence-corrected chi connectivity index (χ1v) is 12.3. The van der Waals surface area contributed by atoms with Crippen LogP contribution >= 0.6 is 0 Å². The Labute approximate surface area is 196 Å². The summed E-state index contributed by atoms with van der Waals surface area (Å²) in [6, 6.07) is 14.0. The van der Waals surface area contributed by atoms with Crippen LogP contribution in [0.3, 0.4) is 0 Å².